The van der Waals surface area contributed by atoms with E-state index in [4.69, 9.17) is 4.84 Å². The summed E-state index contributed by atoms with van der Waals surface area (Å²) >= 11 is 1.20. The number of carbonyl (C=O) groups excluding carboxylic acids is 1. The van der Waals surface area contributed by atoms with Crippen molar-refractivity contribution in [3.63, 3.8) is 0 Å². The molecule has 1 saturated heterocycles. The zero-order chi connectivity index (χ0) is 17.5. The standard InChI is InChI=1S/C15H21N3O4S2/c1-11(2)17(3)14(19)12-9-15(22-16-12)6-7-18(10-15)24(20,21)13-5-4-8-23-13/h4-5,8,11H,6-7,9-10H2,1-3H3/t15-/m0/s1. The molecular formula is C15H21N3O4S2. The van der Waals surface area contributed by atoms with Gasteiger partial charge in [-0.05, 0) is 25.3 Å². The number of sulfonamides is 1. The van der Waals surface area contributed by atoms with Gasteiger partial charge in [-0.1, -0.05) is 11.2 Å². The maximum atomic E-state index is 12.6. The number of rotatable bonds is 4. The minimum absolute atomic E-state index is 0.0658. The van der Waals surface area contributed by atoms with Crippen molar-refractivity contribution in [2.24, 2.45) is 5.16 Å². The lowest BCUT2D eigenvalue weighted by atomic mass is 9.96. The SMILES string of the molecule is CC(C)N(C)C(=O)C1=NO[C@@]2(CCN(S(=O)(=O)c3cccs3)C2)C1. The molecule has 0 unspecified atom stereocenters. The summed E-state index contributed by atoms with van der Waals surface area (Å²) in [6.45, 7) is 4.44. The highest BCUT2D eigenvalue weighted by Gasteiger charge is 2.50. The number of hydrogen-bond acceptors (Lipinski definition) is 6. The summed E-state index contributed by atoms with van der Waals surface area (Å²) in [6.07, 6.45) is 0.878. The van der Waals surface area contributed by atoms with Crippen molar-refractivity contribution in [1.29, 1.82) is 0 Å². The third-order valence-corrected chi connectivity index (χ3v) is 7.77. The van der Waals surface area contributed by atoms with Gasteiger partial charge in [-0.3, -0.25) is 4.79 Å². The predicted molar refractivity (Wildman–Crippen MR) is 91.5 cm³/mol. The second-order valence-corrected chi connectivity index (χ2v) is 9.63. The molecular weight excluding hydrogens is 350 g/mol. The third-order valence-electron chi connectivity index (χ3n) is 4.55. The molecule has 2 aliphatic rings. The van der Waals surface area contributed by atoms with Crippen molar-refractivity contribution < 1.29 is 18.0 Å². The van der Waals surface area contributed by atoms with Crippen LogP contribution < -0.4 is 0 Å². The zero-order valence-corrected chi connectivity index (χ0v) is 15.6. The van der Waals surface area contributed by atoms with Crippen molar-refractivity contribution in [1.82, 2.24) is 9.21 Å². The van der Waals surface area contributed by atoms with E-state index >= 15 is 0 Å². The van der Waals surface area contributed by atoms with Crippen LogP contribution in [0.5, 0.6) is 0 Å². The van der Waals surface area contributed by atoms with Crippen LogP contribution in [-0.2, 0) is 19.7 Å². The van der Waals surface area contributed by atoms with Crippen LogP contribution >= 0.6 is 11.3 Å². The van der Waals surface area contributed by atoms with E-state index in [1.165, 1.54) is 15.6 Å². The average Bonchev–Trinajstić information content (AvgIpc) is 3.27. The molecule has 1 atom stereocenters. The minimum atomic E-state index is -3.50. The molecule has 1 aromatic rings. The van der Waals surface area contributed by atoms with Crippen molar-refractivity contribution in [2.45, 2.75) is 42.5 Å². The van der Waals surface area contributed by atoms with Crippen LogP contribution in [0.3, 0.4) is 0 Å². The topological polar surface area (TPSA) is 79.3 Å². The van der Waals surface area contributed by atoms with Crippen LogP contribution in [0.25, 0.3) is 0 Å². The van der Waals surface area contributed by atoms with Gasteiger partial charge in [0.2, 0.25) is 0 Å². The summed E-state index contributed by atoms with van der Waals surface area (Å²) in [5.41, 5.74) is -0.353. The Morgan fingerprint density at radius 2 is 2.25 bits per heavy atom. The zero-order valence-electron chi connectivity index (χ0n) is 13.9. The Balaban J connectivity index is 1.70. The van der Waals surface area contributed by atoms with E-state index in [0.717, 1.165) is 0 Å². The van der Waals surface area contributed by atoms with Crippen LogP contribution in [0.2, 0.25) is 0 Å². The van der Waals surface area contributed by atoms with E-state index in [2.05, 4.69) is 5.16 Å². The van der Waals surface area contributed by atoms with E-state index in [1.807, 2.05) is 13.8 Å². The van der Waals surface area contributed by atoms with Gasteiger partial charge in [0.05, 0.1) is 6.54 Å². The van der Waals surface area contributed by atoms with Crippen molar-refractivity contribution >= 4 is 33.0 Å². The molecule has 24 heavy (non-hydrogen) atoms. The van der Waals surface area contributed by atoms with Crippen LogP contribution in [0.4, 0.5) is 0 Å². The number of oxime groups is 1. The van der Waals surface area contributed by atoms with Crippen molar-refractivity contribution in [3.8, 4) is 0 Å². The Morgan fingerprint density at radius 3 is 2.88 bits per heavy atom. The molecule has 3 rings (SSSR count). The first-order valence-electron chi connectivity index (χ1n) is 7.81. The van der Waals surface area contributed by atoms with Gasteiger partial charge in [-0.25, -0.2) is 8.42 Å². The third kappa shape index (κ3) is 2.96. The van der Waals surface area contributed by atoms with E-state index < -0.39 is 15.6 Å². The molecule has 132 valence electrons. The number of amides is 1. The fourth-order valence-corrected chi connectivity index (χ4v) is 5.50. The summed E-state index contributed by atoms with van der Waals surface area (Å²) in [5, 5.41) is 5.70. The van der Waals surface area contributed by atoms with Gasteiger partial charge >= 0.3 is 0 Å². The second kappa shape index (κ2) is 6.12. The Bertz CT molecular complexity index is 758. The molecule has 1 fully saturated rings. The quantitative estimate of drug-likeness (QED) is 0.804. The molecule has 1 aromatic heterocycles. The number of carbonyl (C=O) groups is 1. The Morgan fingerprint density at radius 1 is 1.50 bits per heavy atom. The van der Waals surface area contributed by atoms with Crippen molar-refractivity contribution in [3.05, 3.63) is 17.5 Å². The number of hydrogen-bond donors (Lipinski definition) is 0. The van der Waals surface area contributed by atoms with Crippen LogP contribution in [0, 0.1) is 0 Å². The van der Waals surface area contributed by atoms with Gasteiger partial charge in [-0.15, -0.1) is 11.3 Å². The Hall–Kier alpha value is -1.45. The predicted octanol–water partition coefficient (Wildman–Crippen LogP) is 1.52. The first-order chi connectivity index (χ1) is 11.3. The molecule has 3 heterocycles. The monoisotopic (exact) mass is 371 g/mol. The molecule has 0 N–H and O–H groups in total. The van der Waals surface area contributed by atoms with Gasteiger partial charge in [0.1, 0.15) is 9.92 Å². The molecule has 0 aromatic carbocycles. The Labute approximate surface area is 145 Å². The fourth-order valence-electron chi connectivity index (χ4n) is 2.84. The molecule has 7 nitrogen and oxygen atoms in total. The second-order valence-electron chi connectivity index (χ2n) is 6.52. The highest BCUT2D eigenvalue weighted by Crippen LogP contribution is 2.37. The van der Waals surface area contributed by atoms with Gasteiger partial charge in [-0.2, -0.15) is 4.31 Å². The summed E-state index contributed by atoms with van der Waals surface area (Å²) < 4.78 is 27.0. The molecule has 2 aliphatic heterocycles. The van der Waals surface area contributed by atoms with Crippen LogP contribution in [-0.4, -0.2) is 61.0 Å². The molecule has 1 spiro atoms. The molecule has 9 heteroatoms. The van der Waals surface area contributed by atoms with Gasteiger partial charge in [0.25, 0.3) is 15.9 Å². The van der Waals surface area contributed by atoms with Crippen LogP contribution in [0.15, 0.2) is 26.9 Å². The van der Waals surface area contributed by atoms with E-state index in [1.54, 1.807) is 29.5 Å². The minimum Gasteiger partial charge on any atom is -0.387 e. The molecule has 0 bridgehead atoms. The van der Waals surface area contributed by atoms with E-state index in [-0.39, 0.29) is 18.5 Å². The first kappa shape index (κ1) is 17.4. The highest BCUT2D eigenvalue weighted by atomic mass is 32.2. The lowest BCUT2D eigenvalue weighted by Gasteiger charge is -2.23. The van der Waals surface area contributed by atoms with E-state index in [0.29, 0.717) is 29.3 Å². The summed E-state index contributed by atoms with van der Waals surface area (Å²) in [4.78, 5) is 19.5. The summed E-state index contributed by atoms with van der Waals surface area (Å²) in [6, 6.07) is 3.39. The van der Waals surface area contributed by atoms with Gasteiger partial charge in [0.15, 0.2) is 5.60 Å². The molecule has 0 radical (unpaired) electrons. The summed E-state index contributed by atoms with van der Waals surface area (Å²) in [7, 11) is -1.78. The number of thiophene rings is 1. The Kier molecular flexibility index (Phi) is 4.43. The average molecular weight is 371 g/mol. The largest absolute Gasteiger partial charge is 0.387 e. The van der Waals surface area contributed by atoms with Crippen LogP contribution in [0.1, 0.15) is 26.7 Å². The molecule has 1 amide bonds. The summed E-state index contributed by atoms with van der Waals surface area (Å²) in [5.74, 6) is -0.165. The van der Waals surface area contributed by atoms with E-state index in [9.17, 15) is 13.2 Å². The molecule has 0 aliphatic carbocycles. The van der Waals surface area contributed by atoms with Crippen molar-refractivity contribution in [2.75, 3.05) is 20.1 Å². The van der Waals surface area contributed by atoms with Gasteiger partial charge in [0, 0.05) is 32.5 Å². The normalized spacial score (nSPS) is 24.4. The smallest absolute Gasteiger partial charge is 0.271 e. The van der Waals surface area contributed by atoms with Gasteiger partial charge < -0.3 is 9.74 Å². The maximum absolute atomic E-state index is 12.6. The number of nitrogens with zero attached hydrogens (tertiary/aromatic N) is 3. The highest BCUT2D eigenvalue weighted by molar-refractivity contribution is 7.91. The lowest BCUT2D eigenvalue weighted by molar-refractivity contribution is -0.124. The first-order valence-corrected chi connectivity index (χ1v) is 10.1. The maximum Gasteiger partial charge on any atom is 0.271 e. The fraction of sp³-hybridized carbons (Fsp3) is 0.600. The lowest BCUT2D eigenvalue weighted by Crippen LogP contribution is -2.40. The molecule has 0 saturated carbocycles.